The molecule has 0 bridgehead atoms. The molecule has 0 fully saturated rings. The summed E-state index contributed by atoms with van der Waals surface area (Å²) in [6.45, 7) is 5.64. The van der Waals surface area contributed by atoms with E-state index in [1.807, 2.05) is 39.0 Å². The van der Waals surface area contributed by atoms with E-state index in [0.29, 0.717) is 5.69 Å². The van der Waals surface area contributed by atoms with Crippen LogP contribution in [0.1, 0.15) is 16.7 Å². The number of aryl methyl sites for hydroxylation is 3. The van der Waals surface area contributed by atoms with E-state index >= 15 is 0 Å². The summed E-state index contributed by atoms with van der Waals surface area (Å²) in [5.74, 6) is 0. The molecule has 106 valence electrons. The van der Waals surface area contributed by atoms with Crippen LogP contribution >= 0.6 is 15.9 Å². The molecule has 0 saturated carbocycles. The van der Waals surface area contributed by atoms with Gasteiger partial charge in [0.05, 0.1) is 10.6 Å². The Labute approximate surface area is 128 Å². The number of anilines is 1. The van der Waals surface area contributed by atoms with Gasteiger partial charge in [-0.25, -0.2) is 8.42 Å². The quantitative estimate of drug-likeness (QED) is 0.899. The number of benzene rings is 2. The van der Waals surface area contributed by atoms with Crippen LogP contribution in [-0.4, -0.2) is 8.42 Å². The zero-order chi connectivity index (χ0) is 14.9. The molecule has 0 radical (unpaired) electrons. The summed E-state index contributed by atoms with van der Waals surface area (Å²) in [6, 6.07) is 10.7. The summed E-state index contributed by atoms with van der Waals surface area (Å²) in [6.07, 6.45) is 0. The van der Waals surface area contributed by atoms with Crippen molar-refractivity contribution in [3.05, 3.63) is 57.6 Å². The smallest absolute Gasteiger partial charge is 0.261 e. The third-order valence-electron chi connectivity index (χ3n) is 3.16. The highest BCUT2D eigenvalue weighted by atomic mass is 79.9. The number of halogens is 1. The number of sulfonamides is 1. The van der Waals surface area contributed by atoms with Gasteiger partial charge in [0, 0.05) is 4.47 Å². The van der Waals surface area contributed by atoms with Crippen LogP contribution in [0.3, 0.4) is 0 Å². The predicted octanol–water partition coefficient (Wildman–Crippen LogP) is 4.18. The van der Waals surface area contributed by atoms with E-state index in [2.05, 4.69) is 20.7 Å². The first kappa shape index (κ1) is 15.1. The average Bonchev–Trinajstić information content (AvgIpc) is 2.37. The second kappa shape index (κ2) is 5.58. The molecular formula is C15H16BrNO2S. The normalized spacial score (nSPS) is 11.4. The van der Waals surface area contributed by atoms with Crippen LogP contribution in [0.25, 0.3) is 0 Å². The van der Waals surface area contributed by atoms with Crippen LogP contribution in [0.5, 0.6) is 0 Å². The van der Waals surface area contributed by atoms with Gasteiger partial charge in [0.2, 0.25) is 0 Å². The van der Waals surface area contributed by atoms with Crippen molar-refractivity contribution in [1.82, 2.24) is 0 Å². The molecule has 3 nitrogen and oxygen atoms in total. The lowest BCUT2D eigenvalue weighted by Crippen LogP contribution is -2.14. The topological polar surface area (TPSA) is 46.2 Å². The van der Waals surface area contributed by atoms with Gasteiger partial charge in [-0.1, -0.05) is 34.1 Å². The third-order valence-corrected chi connectivity index (χ3v) is 5.39. The summed E-state index contributed by atoms with van der Waals surface area (Å²) in [5.41, 5.74) is 3.34. The molecule has 0 spiro atoms. The van der Waals surface area contributed by atoms with E-state index in [1.54, 1.807) is 18.2 Å². The lowest BCUT2D eigenvalue weighted by Gasteiger charge is -2.13. The summed E-state index contributed by atoms with van der Waals surface area (Å²) >= 11 is 3.37. The van der Waals surface area contributed by atoms with Gasteiger partial charge in [-0.05, 0) is 55.7 Å². The maximum Gasteiger partial charge on any atom is 0.261 e. The Morgan fingerprint density at radius 1 is 0.950 bits per heavy atom. The highest BCUT2D eigenvalue weighted by Crippen LogP contribution is 2.25. The molecule has 0 heterocycles. The Bertz CT molecular complexity index is 734. The number of hydrogen-bond donors (Lipinski definition) is 1. The van der Waals surface area contributed by atoms with Gasteiger partial charge in [-0.3, -0.25) is 4.72 Å². The zero-order valence-corrected chi connectivity index (χ0v) is 14.0. The van der Waals surface area contributed by atoms with E-state index in [4.69, 9.17) is 0 Å². The molecule has 2 aromatic carbocycles. The molecule has 0 unspecified atom stereocenters. The first-order chi connectivity index (χ1) is 9.31. The van der Waals surface area contributed by atoms with Gasteiger partial charge in [0.25, 0.3) is 10.0 Å². The maximum absolute atomic E-state index is 12.4. The zero-order valence-electron chi connectivity index (χ0n) is 11.6. The number of nitrogens with one attached hydrogen (secondary N) is 1. The fourth-order valence-corrected chi connectivity index (χ4v) is 3.49. The van der Waals surface area contributed by atoms with Crippen LogP contribution < -0.4 is 4.72 Å². The second-order valence-corrected chi connectivity index (χ2v) is 7.32. The molecule has 0 amide bonds. The fourth-order valence-electron chi connectivity index (χ4n) is 1.95. The molecule has 0 aliphatic heterocycles. The van der Waals surface area contributed by atoms with Gasteiger partial charge in [-0.2, -0.15) is 0 Å². The molecule has 20 heavy (non-hydrogen) atoms. The molecule has 1 N–H and O–H groups in total. The minimum Gasteiger partial charge on any atom is -0.279 e. The summed E-state index contributed by atoms with van der Waals surface area (Å²) in [4.78, 5) is 0.265. The van der Waals surface area contributed by atoms with E-state index in [9.17, 15) is 8.42 Å². The minimum atomic E-state index is -3.57. The largest absolute Gasteiger partial charge is 0.279 e. The van der Waals surface area contributed by atoms with Gasteiger partial charge >= 0.3 is 0 Å². The van der Waals surface area contributed by atoms with E-state index in [0.717, 1.165) is 21.2 Å². The lowest BCUT2D eigenvalue weighted by molar-refractivity contribution is 0.601. The van der Waals surface area contributed by atoms with E-state index < -0.39 is 10.0 Å². The summed E-state index contributed by atoms with van der Waals surface area (Å²) in [5, 5.41) is 0. The van der Waals surface area contributed by atoms with Crippen molar-refractivity contribution < 1.29 is 8.42 Å². The average molecular weight is 354 g/mol. The van der Waals surface area contributed by atoms with Gasteiger partial charge in [-0.15, -0.1) is 0 Å². The molecule has 0 saturated heterocycles. The third kappa shape index (κ3) is 3.04. The fraction of sp³-hybridized carbons (Fsp3) is 0.200. The van der Waals surface area contributed by atoms with Crippen LogP contribution in [0.2, 0.25) is 0 Å². The highest BCUT2D eigenvalue weighted by Gasteiger charge is 2.17. The molecule has 0 atom stereocenters. The van der Waals surface area contributed by atoms with Crippen molar-refractivity contribution in [2.45, 2.75) is 25.7 Å². The van der Waals surface area contributed by atoms with Gasteiger partial charge < -0.3 is 0 Å². The molecule has 2 rings (SSSR count). The standard InChI is InChI=1S/C15H16BrNO2S/c1-10-5-4-6-11(2)15(10)17-20(18,19)13-7-8-14(16)12(3)9-13/h4-9,17H,1-3H3. The number of hydrogen-bond acceptors (Lipinski definition) is 2. The Balaban J connectivity index is 2.43. The first-order valence-corrected chi connectivity index (χ1v) is 8.44. The van der Waals surface area contributed by atoms with Crippen LogP contribution in [0.4, 0.5) is 5.69 Å². The van der Waals surface area contributed by atoms with Crippen LogP contribution in [-0.2, 0) is 10.0 Å². The molecule has 2 aromatic rings. The highest BCUT2D eigenvalue weighted by molar-refractivity contribution is 9.10. The SMILES string of the molecule is Cc1cc(S(=O)(=O)Nc2c(C)cccc2C)ccc1Br. The van der Waals surface area contributed by atoms with Crippen molar-refractivity contribution in [1.29, 1.82) is 0 Å². The molecular weight excluding hydrogens is 338 g/mol. The lowest BCUT2D eigenvalue weighted by atomic mass is 10.1. The maximum atomic E-state index is 12.4. The van der Waals surface area contributed by atoms with Gasteiger partial charge in [0.15, 0.2) is 0 Å². The minimum absolute atomic E-state index is 0.265. The van der Waals surface area contributed by atoms with Crippen molar-refractivity contribution in [3.63, 3.8) is 0 Å². The number of para-hydroxylation sites is 1. The molecule has 0 aliphatic carbocycles. The Morgan fingerprint density at radius 3 is 2.10 bits per heavy atom. The number of rotatable bonds is 3. The molecule has 5 heteroatoms. The van der Waals surface area contributed by atoms with Crippen LogP contribution in [0.15, 0.2) is 45.8 Å². The van der Waals surface area contributed by atoms with Crippen molar-refractivity contribution in [3.8, 4) is 0 Å². The first-order valence-electron chi connectivity index (χ1n) is 6.16. The Kier molecular flexibility index (Phi) is 4.20. The molecule has 0 aromatic heterocycles. The van der Waals surface area contributed by atoms with E-state index in [1.165, 1.54) is 0 Å². The van der Waals surface area contributed by atoms with Crippen molar-refractivity contribution in [2.75, 3.05) is 4.72 Å². The van der Waals surface area contributed by atoms with Crippen molar-refractivity contribution in [2.24, 2.45) is 0 Å². The predicted molar refractivity (Wildman–Crippen MR) is 85.6 cm³/mol. The monoisotopic (exact) mass is 353 g/mol. The van der Waals surface area contributed by atoms with E-state index in [-0.39, 0.29) is 4.90 Å². The second-order valence-electron chi connectivity index (χ2n) is 4.78. The van der Waals surface area contributed by atoms with Gasteiger partial charge in [0.1, 0.15) is 0 Å². The summed E-state index contributed by atoms with van der Waals surface area (Å²) in [7, 11) is -3.57. The summed E-state index contributed by atoms with van der Waals surface area (Å²) < 4.78 is 28.5. The Hall–Kier alpha value is -1.33. The van der Waals surface area contributed by atoms with Crippen molar-refractivity contribution >= 4 is 31.6 Å². The Morgan fingerprint density at radius 2 is 1.55 bits per heavy atom. The molecule has 0 aliphatic rings. The van der Waals surface area contributed by atoms with Crippen LogP contribution in [0, 0.1) is 20.8 Å².